The highest BCUT2D eigenvalue weighted by Gasteiger charge is 2.32. The van der Waals surface area contributed by atoms with Gasteiger partial charge in [-0.3, -0.25) is 0 Å². The summed E-state index contributed by atoms with van der Waals surface area (Å²) in [6.07, 6.45) is 16.4. The number of hydrogen-bond donors (Lipinski definition) is 1. The summed E-state index contributed by atoms with van der Waals surface area (Å²) in [7, 11) is 0. The maximum atomic E-state index is 6.57. The molecule has 0 radical (unpaired) electrons. The molecule has 2 nitrogen and oxygen atoms in total. The van der Waals surface area contributed by atoms with E-state index >= 15 is 0 Å². The lowest BCUT2D eigenvalue weighted by Gasteiger charge is -2.35. The highest BCUT2D eigenvalue weighted by Crippen LogP contribution is 2.32. The fraction of sp³-hybridized carbons (Fsp3) is 1.00. The van der Waals surface area contributed by atoms with Crippen molar-refractivity contribution in [3.05, 3.63) is 0 Å². The number of rotatable bonds is 7. The van der Waals surface area contributed by atoms with Crippen LogP contribution in [0.4, 0.5) is 0 Å². The lowest BCUT2D eigenvalue weighted by Crippen LogP contribution is -2.44. The van der Waals surface area contributed by atoms with Crippen molar-refractivity contribution in [1.29, 1.82) is 0 Å². The van der Waals surface area contributed by atoms with Crippen molar-refractivity contribution < 1.29 is 4.74 Å². The molecule has 2 heteroatoms. The summed E-state index contributed by atoms with van der Waals surface area (Å²) in [5.41, 5.74) is 0.156. The average Bonchev–Trinajstić information content (AvgIpc) is 2.73. The van der Waals surface area contributed by atoms with Gasteiger partial charge in [0.05, 0.1) is 12.2 Å². The van der Waals surface area contributed by atoms with Crippen molar-refractivity contribution in [3.63, 3.8) is 0 Å². The van der Waals surface area contributed by atoms with Crippen LogP contribution in [0.3, 0.4) is 0 Å². The second kappa shape index (κ2) is 9.04. The van der Waals surface area contributed by atoms with Crippen molar-refractivity contribution in [2.45, 2.75) is 89.6 Å². The highest BCUT2D eigenvalue weighted by atomic mass is 16.5. The van der Waals surface area contributed by atoms with Gasteiger partial charge in [0.1, 0.15) is 0 Å². The summed E-state index contributed by atoms with van der Waals surface area (Å²) in [5.74, 6) is 0.843. The molecule has 0 saturated heterocycles. The Balaban J connectivity index is 1.83. The minimum Gasteiger partial charge on any atom is -0.373 e. The summed E-state index contributed by atoms with van der Waals surface area (Å²) in [6, 6.07) is 0. The molecule has 20 heavy (non-hydrogen) atoms. The summed E-state index contributed by atoms with van der Waals surface area (Å²) in [6.45, 7) is 5.48. The topological polar surface area (TPSA) is 21.3 Å². The predicted molar refractivity (Wildman–Crippen MR) is 86.1 cm³/mol. The van der Waals surface area contributed by atoms with E-state index in [9.17, 15) is 0 Å². The molecule has 0 heterocycles. The average molecular weight is 281 g/mol. The van der Waals surface area contributed by atoms with Crippen LogP contribution in [0.2, 0.25) is 0 Å². The van der Waals surface area contributed by atoms with E-state index in [1.807, 2.05) is 0 Å². The third kappa shape index (κ3) is 5.37. The normalized spacial score (nSPS) is 24.4. The van der Waals surface area contributed by atoms with Gasteiger partial charge in [0, 0.05) is 6.54 Å². The van der Waals surface area contributed by atoms with Crippen LogP contribution in [0.25, 0.3) is 0 Å². The van der Waals surface area contributed by atoms with Crippen LogP contribution >= 0.6 is 0 Å². The van der Waals surface area contributed by atoms with Gasteiger partial charge in [-0.2, -0.15) is 0 Å². The van der Waals surface area contributed by atoms with Gasteiger partial charge in [0.2, 0.25) is 0 Å². The third-order valence-electron chi connectivity index (χ3n) is 5.24. The fourth-order valence-corrected chi connectivity index (χ4v) is 3.89. The lowest BCUT2D eigenvalue weighted by molar-refractivity contribution is -0.0730. The Morgan fingerprint density at radius 3 is 2.25 bits per heavy atom. The molecule has 0 unspecified atom stereocenters. The van der Waals surface area contributed by atoms with Gasteiger partial charge in [0.15, 0.2) is 0 Å². The summed E-state index contributed by atoms with van der Waals surface area (Å²) < 4.78 is 6.57. The van der Waals surface area contributed by atoms with Crippen LogP contribution in [-0.2, 0) is 4.74 Å². The van der Waals surface area contributed by atoms with Crippen molar-refractivity contribution in [3.8, 4) is 0 Å². The van der Waals surface area contributed by atoms with Crippen LogP contribution in [-0.4, -0.2) is 25.3 Å². The first-order valence-electron chi connectivity index (χ1n) is 9.19. The smallest absolute Gasteiger partial charge is 0.0806 e. The Labute approximate surface area is 126 Å². The number of hydrogen-bond acceptors (Lipinski definition) is 2. The van der Waals surface area contributed by atoms with Gasteiger partial charge < -0.3 is 10.1 Å². The van der Waals surface area contributed by atoms with Crippen LogP contribution in [0.15, 0.2) is 0 Å². The Bertz CT molecular complexity index is 240. The van der Waals surface area contributed by atoms with Crippen LogP contribution in [0.1, 0.15) is 84.0 Å². The zero-order chi connectivity index (χ0) is 14.1. The molecule has 0 spiro atoms. The molecule has 0 amide bonds. The monoisotopic (exact) mass is 281 g/mol. The van der Waals surface area contributed by atoms with E-state index in [0.29, 0.717) is 0 Å². The lowest BCUT2D eigenvalue weighted by atomic mass is 9.89. The molecule has 0 aromatic carbocycles. The first kappa shape index (κ1) is 16.3. The van der Waals surface area contributed by atoms with Crippen LogP contribution in [0.5, 0.6) is 0 Å². The second-order valence-corrected chi connectivity index (χ2v) is 7.09. The standard InChI is InChI=1S/C18H35NO/c1-2-14-19-16-18(12-8-3-4-9-13-18)20-15-17-10-6-5-7-11-17/h17,19H,2-16H2,1H3. The molecule has 118 valence electrons. The molecular formula is C18H35NO. The SMILES string of the molecule is CCCNCC1(OCC2CCCCC2)CCCCCC1. The molecule has 0 aromatic rings. The molecule has 0 aromatic heterocycles. The van der Waals surface area contributed by atoms with Crippen LogP contribution < -0.4 is 5.32 Å². The first-order chi connectivity index (χ1) is 9.85. The predicted octanol–water partition coefficient (Wildman–Crippen LogP) is 4.68. The summed E-state index contributed by atoms with van der Waals surface area (Å²) in [5, 5.41) is 3.64. The van der Waals surface area contributed by atoms with Crippen molar-refractivity contribution in [1.82, 2.24) is 5.32 Å². The third-order valence-corrected chi connectivity index (χ3v) is 5.24. The largest absolute Gasteiger partial charge is 0.373 e. The van der Waals surface area contributed by atoms with Crippen molar-refractivity contribution in [2.75, 3.05) is 19.7 Å². The van der Waals surface area contributed by atoms with E-state index in [2.05, 4.69) is 12.2 Å². The minimum absolute atomic E-state index is 0.156. The Kier molecular flexibility index (Phi) is 7.37. The second-order valence-electron chi connectivity index (χ2n) is 7.09. The van der Waals surface area contributed by atoms with E-state index in [1.54, 1.807) is 0 Å². The van der Waals surface area contributed by atoms with E-state index in [0.717, 1.165) is 25.6 Å². The van der Waals surface area contributed by atoms with Gasteiger partial charge in [-0.25, -0.2) is 0 Å². The molecule has 2 aliphatic rings. The molecule has 2 saturated carbocycles. The van der Waals surface area contributed by atoms with Crippen molar-refractivity contribution >= 4 is 0 Å². The summed E-state index contributed by atoms with van der Waals surface area (Å²) in [4.78, 5) is 0. The van der Waals surface area contributed by atoms with E-state index in [-0.39, 0.29) is 5.60 Å². The maximum Gasteiger partial charge on any atom is 0.0806 e. The molecular weight excluding hydrogens is 246 g/mol. The zero-order valence-corrected chi connectivity index (χ0v) is 13.6. The van der Waals surface area contributed by atoms with Gasteiger partial charge in [-0.05, 0) is 44.6 Å². The quantitative estimate of drug-likeness (QED) is 0.540. The molecule has 1 N–H and O–H groups in total. The van der Waals surface area contributed by atoms with Crippen LogP contribution in [0, 0.1) is 5.92 Å². The Morgan fingerprint density at radius 2 is 1.60 bits per heavy atom. The molecule has 0 atom stereocenters. The Hall–Kier alpha value is -0.0800. The zero-order valence-electron chi connectivity index (χ0n) is 13.6. The van der Waals surface area contributed by atoms with E-state index in [1.165, 1.54) is 77.0 Å². The van der Waals surface area contributed by atoms with Gasteiger partial charge in [-0.1, -0.05) is 51.9 Å². The number of nitrogens with one attached hydrogen (secondary N) is 1. The Morgan fingerprint density at radius 1 is 0.950 bits per heavy atom. The molecule has 2 rings (SSSR count). The minimum atomic E-state index is 0.156. The molecule has 2 fully saturated rings. The van der Waals surface area contributed by atoms with E-state index < -0.39 is 0 Å². The maximum absolute atomic E-state index is 6.57. The molecule has 2 aliphatic carbocycles. The first-order valence-corrected chi connectivity index (χ1v) is 9.19. The highest BCUT2D eigenvalue weighted by molar-refractivity contribution is 4.86. The van der Waals surface area contributed by atoms with Gasteiger partial charge in [0.25, 0.3) is 0 Å². The van der Waals surface area contributed by atoms with Crippen molar-refractivity contribution in [2.24, 2.45) is 5.92 Å². The van der Waals surface area contributed by atoms with Gasteiger partial charge >= 0.3 is 0 Å². The molecule has 0 bridgehead atoms. The fourth-order valence-electron chi connectivity index (χ4n) is 3.89. The summed E-state index contributed by atoms with van der Waals surface area (Å²) >= 11 is 0. The van der Waals surface area contributed by atoms with Gasteiger partial charge in [-0.15, -0.1) is 0 Å². The van der Waals surface area contributed by atoms with E-state index in [4.69, 9.17) is 4.74 Å². The molecule has 0 aliphatic heterocycles. The number of ether oxygens (including phenoxy) is 1.